The first kappa shape index (κ1) is 20.3. The number of nitrogens with zero attached hydrogens (tertiary/aromatic N) is 2. The number of benzene rings is 3. The van der Waals surface area contributed by atoms with Gasteiger partial charge in [-0.3, -0.25) is 0 Å². The van der Waals surface area contributed by atoms with Gasteiger partial charge in [-0.15, -0.1) is 0 Å². The van der Waals surface area contributed by atoms with E-state index in [-0.39, 0.29) is 0 Å². The van der Waals surface area contributed by atoms with Gasteiger partial charge in [-0.1, -0.05) is 66.7 Å². The molecule has 0 bridgehead atoms. The number of allylic oxidation sites excluding steroid dienone is 5. The van der Waals surface area contributed by atoms with Gasteiger partial charge in [0, 0.05) is 31.9 Å². The molecule has 5 rings (SSSR count). The van der Waals surface area contributed by atoms with E-state index in [1.165, 1.54) is 44.8 Å². The molecule has 2 nitrogen and oxygen atoms in total. The minimum Gasteiger partial charge on any atom is -0.378 e. The van der Waals surface area contributed by atoms with Crippen LogP contribution in [0.1, 0.15) is 22.3 Å². The van der Waals surface area contributed by atoms with Gasteiger partial charge in [-0.25, -0.2) is 4.58 Å². The fourth-order valence-corrected chi connectivity index (χ4v) is 5.02. The molecule has 0 N–H and O–H groups in total. The molecule has 0 unspecified atom stereocenters. The Bertz CT molecular complexity index is 1250. The Hall–Kier alpha value is -3.65. The zero-order valence-corrected chi connectivity index (χ0v) is 19.2. The maximum atomic E-state index is 2.37. The van der Waals surface area contributed by atoms with Crippen LogP contribution in [0.15, 0.2) is 108 Å². The van der Waals surface area contributed by atoms with E-state index in [1.807, 2.05) is 0 Å². The van der Waals surface area contributed by atoms with Crippen LogP contribution in [0.3, 0.4) is 0 Å². The number of hydrogen-bond acceptors (Lipinski definition) is 1. The largest absolute Gasteiger partial charge is 0.378 e. The highest BCUT2D eigenvalue weighted by Crippen LogP contribution is 2.53. The number of hydrogen-bond donors (Lipinski definition) is 0. The third-order valence-electron chi connectivity index (χ3n) is 6.64. The smallest absolute Gasteiger partial charge is 0.199 e. The molecule has 0 aliphatic heterocycles. The maximum Gasteiger partial charge on any atom is 0.199 e. The minimum atomic E-state index is -0.403. The van der Waals surface area contributed by atoms with Gasteiger partial charge >= 0.3 is 0 Å². The summed E-state index contributed by atoms with van der Waals surface area (Å²) in [5.41, 5.74) is 9.78. The molecule has 0 saturated heterocycles. The Balaban J connectivity index is 1.97. The molecule has 0 radical (unpaired) electrons. The van der Waals surface area contributed by atoms with E-state index >= 15 is 0 Å². The van der Waals surface area contributed by atoms with Crippen molar-refractivity contribution >= 4 is 17.5 Å². The van der Waals surface area contributed by atoms with Gasteiger partial charge in [-0.05, 0) is 57.7 Å². The predicted molar refractivity (Wildman–Crippen MR) is 136 cm³/mol. The molecule has 0 atom stereocenters. The fraction of sp³-hybridized carbons (Fsp3) is 0.167. The molecule has 2 aliphatic carbocycles. The second-order valence-corrected chi connectivity index (χ2v) is 8.96. The van der Waals surface area contributed by atoms with Crippen LogP contribution >= 0.6 is 0 Å². The van der Waals surface area contributed by atoms with Gasteiger partial charge in [0.1, 0.15) is 14.1 Å². The van der Waals surface area contributed by atoms with Crippen molar-refractivity contribution in [2.75, 3.05) is 33.1 Å². The first-order valence-electron chi connectivity index (χ1n) is 11.1. The molecule has 32 heavy (non-hydrogen) atoms. The molecular weight excluding hydrogens is 388 g/mol. The van der Waals surface area contributed by atoms with Crippen LogP contribution in [0, 0.1) is 0 Å². The van der Waals surface area contributed by atoms with Crippen molar-refractivity contribution < 1.29 is 4.58 Å². The molecule has 3 aromatic carbocycles. The van der Waals surface area contributed by atoms with E-state index in [2.05, 4.69) is 141 Å². The first-order chi connectivity index (χ1) is 15.5. The average Bonchev–Trinajstić information content (AvgIpc) is 2.83. The van der Waals surface area contributed by atoms with Crippen LogP contribution in [0.4, 0.5) is 5.69 Å². The highest BCUT2D eigenvalue weighted by Gasteiger charge is 2.45. The first-order valence-corrected chi connectivity index (χ1v) is 11.1. The van der Waals surface area contributed by atoms with Gasteiger partial charge in [0.15, 0.2) is 5.71 Å². The van der Waals surface area contributed by atoms with Crippen LogP contribution in [0.25, 0.3) is 6.08 Å². The Morgan fingerprint density at radius 3 is 1.91 bits per heavy atom. The number of rotatable bonds is 3. The molecule has 3 aromatic rings. The van der Waals surface area contributed by atoms with Crippen molar-refractivity contribution in [1.29, 1.82) is 0 Å². The molecule has 2 heteroatoms. The highest BCUT2D eigenvalue weighted by molar-refractivity contribution is 6.05. The van der Waals surface area contributed by atoms with E-state index in [9.17, 15) is 0 Å². The van der Waals surface area contributed by atoms with E-state index in [0.29, 0.717) is 0 Å². The molecule has 0 amide bonds. The number of anilines is 1. The van der Waals surface area contributed by atoms with E-state index in [4.69, 9.17) is 0 Å². The van der Waals surface area contributed by atoms with Crippen LogP contribution in [-0.2, 0) is 5.41 Å². The third kappa shape index (κ3) is 3.06. The SMILES string of the molecule is CN(C)c1ccc2c(c1)C(c1ccccc1)(c1ccccc1)C1=CC(=[N+](C)C)C=CC1=C2. The summed E-state index contributed by atoms with van der Waals surface area (Å²) >= 11 is 0. The maximum absolute atomic E-state index is 2.37. The molecule has 2 aliphatic rings. The fourth-order valence-electron chi connectivity index (χ4n) is 5.02. The summed E-state index contributed by atoms with van der Waals surface area (Å²) < 4.78 is 2.19. The Morgan fingerprint density at radius 1 is 0.719 bits per heavy atom. The van der Waals surface area contributed by atoms with E-state index < -0.39 is 5.41 Å². The Morgan fingerprint density at radius 2 is 1.34 bits per heavy atom. The van der Waals surface area contributed by atoms with Crippen molar-refractivity contribution in [3.05, 3.63) is 130 Å². The van der Waals surface area contributed by atoms with Crippen LogP contribution < -0.4 is 4.90 Å². The third-order valence-corrected chi connectivity index (χ3v) is 6.64. The molecule has 0 spiro atoms. The Labute approximate surface area is 191 Å². The molecule has 158 valence electrons. The van der Waals surface area contributed by atoms with Crippen molar-refractivity contribution in [2.24, 2.45) is 0 Å². The minimum absolute atomic E-state index is 0.403. The lowest BCUT2D eigenvalue weighted by Gasteiger charge is -2.43. The zero-order chi connectivity index (χ0) is 22.3. The topological polar surface area (TPSA) is 6.25 Å². The van der Waals surface area contributed by atoms with Gasteiger partial charge < -0.3 is 4.90 Å². The van der Waals surface area contributed by atoms with Crippen molar-refractivity contribution in [3.63, 3.8) is 0 Å². The zero-order valence-electron chi connectivity index (χ0n) is 19.2. The number of fused-ring (bicyclic) bond motifs is 2. The molecule has 0 saturated carbocycles. The summed E-state index contributed by atoms with van der Waals surface area (Å²) in [6.07, 6.45) is 9.20. The van der Waals surface area contributed by atoms with Gasteiger partial charge in [-0.2, -0.15) is 0 Å². The average molecular weight is 418 g/mol. The van der Waals surface area contributed by atoms with E-state index in [1.54, 1.807) is 0 Å². The second-order valence-electron chi connectivity index (χ2n) is 8.96. The van der Waals surface area contributed by atoms with Gasteiger partial charge in [0.25, 0.3) is 0 Å². The monoisotopic (exact) mass is 417 g/mol. The second kappa shape index (κ2) is 7.80. The lowest BCUT2D eigenvalue weighted by atomic mass is 9.58. The van der Waals surface area contributed by atoms with Crippen LogP contribution in [-0.4, -0.2) is 38.5 Å². The van der Waals surface area contributed by atoms with Crippen molar-refractivity contribution in [1.82, 2.24) is 0 Å². The van der Waals surface area contributed by atoms with Gasteiger partial charge in [0.05, 0.1) is 5.41 Å². The molecular formula is C30H29N2+. The molecule has 0 heterocycles. The highest BCUT2D eigenvalue weighted by atomic mass is 15.1. The Kier molecular flexibility index (Phi) is 4.94. The van der Waals surface area contributed by atoms with Gasteiger partial charge in [0.2, 0.25) is 0 Å². The predicted octanol–water partition coefficient (Wildman–Crippen LogP) is 5.69. The van der Waals surface area contributed by atoms with Crippen LogP contribution in [0.2, 0.25) is 0 Å². The summed E-state index contributed by atoms with van der Waals surface area (Å²) in [7, 11) is 8.44. The summed E-state index contributed by atoms with van der Waals surface area (Å²) in [6.45, 7) is 0. The molecule has 0 aromatic heterocycles. The van der Waals surface area contributed by atoms with E-state index in [0.717, 1.165) is 0 Å². The normalized spacial score (nSPS) is 15.9. The lowest BCUT2D eigenvalue weighted by Crippen LogP contribution is -2.37. The van der Waals surface area contributed by atoms with Crippen molar-refractivity contribution in [3.8, 4) is 0 Å². The quantitative estimate of drug-likeness (QED) is 0.496. The lowest BCUT2D eigenvalue weighted by molar-refractivity contribution is -0.462. The summed E-state index contributed by atoms with van der Waals surface area (Å²) in [5, 5.41) is 0. The summed E-state index contributed by atoms with van der Waals surface area (Å²) in [5.74, 6) is 0. The summed E-state index contributed by atoms with van der Waals surface area (Å²) in [6, 6.07) is 28.8. The summed E-state index contributed by atoms with van der Waals surface area (Å²) in [4.78, 5) is 2.19. The van der Waals surface area contributed by atoms with Crippen LogP contribution in [0.5, 0.6) is 0 Å². The molecule has 0 fully saturated rings. The standard InChI is InChI=1S/C30H29N2/c1-31(2)26-17-15-22-19-23-16-18-27(32(3)4)21-29(23)30(28(22)20-26,24-11-7-5-8-12-24)25-13-9-6-10-14-25/h5-21H,1-4H3/q+1. The van der Waals surface area contributed by atoms with Crippen molar-refractivity contribution in [2.45, 2.75) is 5.41 Å².